The van der Waals surface area contributed by atoms with Crippen LogP contribution in [0.1, 0.15) is 55.1 Å². The first kappa shape index (κ1) is 21.4. The first-order chi connectivity index (χ1) is 13.7. The van der Waals surface area contributed by atoms with E-state index in [1.807, 2.05) is 54.3 Å². The van der Waals surface area contributed by atoms with Gasteiger partial charge in [-0.25, -0.2) is 0 Å². The molecule has 3 rings (SSSR count). The van der Waals surface area contributed by atoms with Crippen LogP contribution in [0.15, 0.2) is 42.5 Å². The van der Waals surface area contributed by atoms with Gasteiger partial charge in [0.2, 0.25) is 5.91 Å². The number of amides is 2. The molecule has 154 valence electrons. The molecule has 1 N–H and O–H groups in total. The molecule has 0 bridgehead atoms. The molecule has 1 aliphatic rings. The van der Waals surface area contributed by atoms with E-state index < -0.39 is 0 Å². The van der Waals surface area contributed by atoms with Gasteiger partial charge in [0.05, 0.1) is 0 Å². The van der Waals surface area contributed by atoms with E-state index >= 15 is 0 Å². The van der Waals surface area contributed by atoms with Crippen LogP contribution in [0.4, 0.5) is 5.69 Å². The lowest BCUT2D eigenvalue weighted by Gasteiger charge is -2.31. The maximum absolute atomic E-state index is 12.8. The number of anilines is 1. The third-order valence-electron chi connectivity index (χ3n) is 5.68. The number of hydrogen-bond acceptors (Lipinski definition) is 2. The van der Waals surface area contributed by atoms with Crippen molar-refractivity contribution in [3.05, 3.63) is 64.2 Å². The molecule has 5 heteroatoms. The Labute approximate surface area is 178 Å². The predicted molar refractivity (Wildman–Crippen MR) is 119 cm³/mol. The predicted octanol–water partition coefficient (Wildman–Crippen LogP) is 5.44. The molecule has 0 unspecified atom stereocenters. The van der Waals surface area contributed by atoms with Crippen LogP contribution in [0.3, 0.4) is 0 Å². The number of nitrogens with one attached hydrogen (secondary N) is 1. The molecule has 2 amide bonds. The molecular formula is C24H29ClN2O2. The first-order valence-electron chi connectivity index (χ1n) is 10.1. The van der Waals surface area contributed by atoms with Crippen molar-refractivity contribution in [1.29, 1.82) is 0 Å². The fourth-order valence-electron chi connectivity index (χ4n) is 3.62. The summed E-state index contributed by atoms with van der Waals surface area (Å²) in [6.07, 6.45) is 1.33. The van der Waals surface area contributed by atoms with Crippen LogP contribution >= 0.6 is 11.6 Å². The minimum Gasteiger partial charge on any atom is -0.339 e. The van der Waals surface area contributed by atoms with Gasteiger partial charge in [0.1, 0.15) is 0 Å². The SMILES string of the molecule is Cc1c(Cl)cccc1NC(=O)C1CCN(C(=O)c2ccc(C(C)(C)C)cc2)CC1. The number of halogens is 1. The maximum atomic E-state index is 12.8. The Hall–Kier alpha value is -2.33. The van der Waals surface area contributed by atoms with Crippen molar-refractivity contribution < 1.29 is 9.59 Å². The summed E-state index contributed by atoms with van der Waals surface area (Å²) >= 11 is 6.13. The molecule has 1 heterocycles. The number of hydrogen-bond donors (Lipinski definition) is 1. The van der Waals surface area contributed by atoms with E-state index in [1.54, 1.807) is 0 Å². The Morgan fingerprint density at radius 1 is 1.03 bits per heavy atom. The smallest absolute Gasteiger partial charge is 0.253 e. The highest BCUT2D eigenvalue weighted by molar-refractivity contribution is 6.31. The number of carbonyl (C=O) groups is 2. The van der Waals surface area contributed by atoms with Crippen molar-refractivity contribution in [2.24, 2.45) is 5.92 Å². The standard InChI is InChI=1S/C24H29ClN2O2/c1-16-20(25)6-5-7-21(16)26-22(28)17-12-14-27(15-13-17)23(29)18-8-10-19(11-9-18)24(2,3)4/h5-11,17H,12-15H2,1-4H3,(H,26,28). The number of piperidine rings is 1. The molecule has 4 nitrogen and oxygen atoms in total. The molecule has 0 aliphatic carbocycles. The van der Waals surface area contributed by atoms with E-state index in [0.29, 0.717) is 36.5 Å². The van der Waals surface area contributed by atoms with Gasteiger partial charge in [-0.15, -0.1) is 0 Å². The highest BCUT2D eigenvalue weighted by Crippen LogP contribution is 2.26. The number of benzene rings is 2. The first-order valence-corrected chi connectivity index (χ1v) is 10.5. The van der Waals surface area contributed by atoms with Crippen LogP contribution in [-0.4, -0.2) is 29.8 Å². The molecule has 0 saturated carbocycles. The minimum absolute atomic E-state index is 0.00278. The third kappa shape index (κ3) is 4.99. The number of carbonyl (C=O) groups excluding carboxylic acids is 2. The lowest BCUT2D eigenvalue weighted by Crippen LogP contribution is -2.41. The number of rotatable bonds is 3. The normalized spacial score (nSPS) is 15.3. The van der Waals surface area contributed by atoms with Crippen LogP contribution in [-0.2, 0) is 10.2 Å². The summed E-state index contributed by atoms with van der Waals surface area (Å²) < 4.78 is 0. The number of nitrogens with zero attached hydrogens (tertiary/aromatic N) is 1. The summed E-state index contributed by atoms with van der Waals surface area (Å²) in [5.74, 6) is -0.0623. The van der Waals surface area contributed by atoms with Crippen LogP contribution in [0.2, 0.25) is 5.02 Å². The Bertz CT molecular complexity index is 892. The van der Waals surface area contributed by atoms with Crippen molar-refractivity contribution in [2.75, 3.05) is 18.4 Å². The second kappa shape index (κ2) is 8.58. The second-order valence-electron chi connectivity index (χ2n) is 8.80. The largest absolute Gasteiger partial charge is 0.339 e. The highest BCUT2D eigenvalue weighted by atomic mass is 35.5. The van der Waals surface area contributed by atoms with Crippen LogP contribution in [0, 0.1) is 12.8 Å². The van der Waals surface area contributed by atoms with Crippen molar-refractivity contribution in [3.8, 4) is 0 Å². The van der Waals surface area contributed by atoms with Gasteiger partial charge in [0.25, 0.3) is 5.91 Å². The van der Waals surface area contributed by atoms with E-state index in [-0.39, 0.29) is 23.1 Å². The van der Waals surface area contributed by atoms with Crippen molar-refractivity contribution in [3.63, 3.8) is 0 Å². The van der Waals surface area contributed by atoms with Crippen LogP contribution in [0.5, 0.6) is 0 Å². The van der Waals surface area contributed by atoms with E-state index in [9.17, 15) is 9.59 Å². The van der Waals surface area contributed by atoms with Crippen molar-refractivity contribution >= 4 is 29.1 Å². The second-order valence-corrected chi connectivity index (χ2v) is 9.20. The van der Waals surface area contributed by atoms with E-state index in [1.165, 1.54) is 5.56 Å². The fraction of sp³-hybridized carbons (Fsp3) is 0.417. The van der Waals surface area contributed by atoms with Gasteiger partial charge in [-0.05, 0) is 60.6 Å². The quantitative estimate of drug-likeness (QED) is 0.729. The lowest BCUT2D eigenvalue weighted by atomic mass is 9.86. The zero-order chi connectivity index (χ0) is 21.2. The van der Waals surface area contributed by atoms with Gasteiger partial charge in [-0.1, -0.05) is 50.6 Å². The summed E-state index contributed by atoms with van der Waals surface area (Å²) in [7, 11) is 0. The fourth-order valence-corrected chi connectivity index (χ4v) is 3.79. The van der Waals surface area contributed by atoms with Gasteiger partial charge in [-0.3, -0.25) is 9.59 Å². The molecule has 0 radical (unpaired) electrons. The summed E-state index contributed by atoms with van der Waals surface area (Å²) in [6.45, 7) is 9.54. The minimum atomic E-state index is -0.0966. The molecule has 29 heavy (non-hydrogen) atoms. The van der Waals surface area contributed by atoms with Gasteiger partial charge in [-0.2, -0.15) is 0 Å². The monoisotopic (exact) mass is 412 g/mol. The third-order valence-corrected chi connectivity index (χ3v) is 6.09. The molecular weight excluding hydrogens is 384 g/mol. The molecule has 2 aromatic carbocycles. The Balaban J connectivity index is 1.57. The summed E-state index contributed by atoms with van der Waals surface area (Å²) in [4.78, 5) is 27.3. The van der Waals surface area contributed by atoms with Gasteiger partial charge >= 0.3 is 0 Å². The topological polar surface area (TPSA) is 49.4 Å². The Morgan fingerprint density at radius 3 is 2.24 bits per heavy atom. The highest BCUT2D eigenvalue weighted by Gasteiger charge is 2.28. The average Bonchev–Trinajstić information content (AvgIpc) is 2.70. The molecule has 0 spiro atoms. The van der Waals surface area contributed by atoms with Gasteiger partial charge < -0.3 is 10.2 Å². The zero-order valence-corrected chi connectivity index (χ0v) is 18.3. The van der Waals surface area contributed by atoms with E-state index in [0.717, 1.165) is 11.3 Å². The molecule has 0 atom stereocenters. The summed E-state index contributed by atoms with van der Waals surface area (Å²) in [6, 6.07) is 13.4. The molecule has 1 saturated heterocycles. The zero-order valence-electron chi connectivity index (χ0n) is 17.6. The molecule has 0 aromatic heterocycles. The Morgan fingerprint density at radius 2 is 1.66 bits per heavy atom. The number of likely N-dealkylation sites (tertiary alicyclic amines) is 1. The van der Waals surface area contributed by atoms with Gasteiger partial charge in [0.15, 0.2) is 0 Å². The van der Waals surface area contributed by atoms with Crippen molar-refractivity contribution in [2.45, 2.75) is 46.0 Å². The molecule has 2 aromatic rings. The maximum Gasteiger partial charge on any atom is 0.253 e. The van der Waals surface area contributed by atoms with E-state index in [2.05, 4.69) is 26.1 Å². The lowest BCUT2D eigenvalue weighted by molar-refractivity contribution is -0.121. The average molecular weight is 413 g/mol. The Kier molecular flexibility index (Phi) is 6.33. The van der Waals surface area contributed by atoms with E-state index in [4.69, 9.17) is 11.6 Å². The van der Waals surface area contributed by atoms with Gasteiger partial charge in [0, 0.05) is 35.3 Å². The summed E-state index contributed by atoms with van der Waals surface area (Å²) in [5, 5.41) is 3.63. The molecule has 1 aliphatic heterocycles. The van der Waals surface area contributed by atoms with Crippen molar-refractivity contribution in [1.82, 2.24) is 4.90 Å². The van der Waals surface area contributed by atoms with Crippen LogP contribution in [0.25, 0.3) is 0 Å². The molecule has 1 fully saturated rings. The van der Waals surface area contributed by atoms with Crippen LogP contribution < -0.4 is 5.32 Å². The summed E-state index contributed by atoms with van der Waals surface area (Å²) in [5.41, 5.74) is 3.60.